The summed E-state index contributed by atoms with van der Waals surface area (Å²) in [5, 5.41) is 1.36. The molecule has 1 unspecified atom stereocenters. The predicted molar refractivity (Wildman–Crippen MR) is 79.3 cm³/mol. The summed E-state index contributed by atoms with van der Waals surface area (Å²) in [5.41, 5.74) is 7.34. The maximum atomic E-state index is 12.3. The third-order valence-corrected chi connectivity index (χ3v) is 3.64. The number of benzene rings is 1. The van der Waals surface area contributed by atoms with Crippen LogP contribution in [0.5, 0.6) is 0 Å². The van der Waals surface area contributed by atoms with Crippen LogP contribution in [-0.2, 0) is 0 Å². The number of rotatable bonds is 1. The third kappa shape index (κ3) is 2.01. The molecule has 1 aliphatic heterocycles. The maximum Gasteiger partial charge on any atom is 0.329 e. The first-order valence-corrected chi connectivity index (χ1v) is 6.49. The molecule has 0 radical (unpaired) electrons. The molecule has 3 rings (SSSR count). The van der Waals surface area contributed by atoms with Crippen LogP contribution in [0.25, 0.3) is 10.9 Å². The van der Waals surface area contributed by atoms with Crippen molar-refractivity contribution in [2.45, 2.75) is 6.17 Å². The molecule has 1 aromatic heterocycles. The van der Waals surface area contributed by atoms with Gasteiger partial charge in [-0.2, -0.15) is 0 Å². The van der Waals surface area contributed by atoms with Crippen molar-refractivity contribution in [2.75, 3.05) is 11.9 Å². The van der Waals surface area contributed by atoms with Crippen LogP contribution in [0, 0.1) is 0 Å². The Bertz CT molecular complexity index is 715. The quantitative estimate of drug-likeness (QED) is 0.877. The first-order chi connectivity index (χ1) is 9.58. The maximum absolute atomic E-state index is 12.3. The first kappa shape index (κ1) is 12.9. The topological polar surface area (TPSA) is 62.5 Å². The van der Waals surface area contributed by atoms with Gasteiger partial charge in [0, 0.05) is 18.6 Å². The highest BCUT2D eigenvalue weighted by Gasteiger charge is 2.30. The van der Waals surface area contributed by atoms with Crippen molar-refractivity contribution in [1.29, 1.82) is 0 Å². The number of amides is 2. The number of para-hydroxylation sites is 1. The van der Waals surface area contributed by atoms with E-state index in [1.54, 1.807) is 19.4 Å². The molecule has 1 aliphatic rings. The summed E-state index contributed by atoms with van der Waals surface area (Å²) in [6.45, 7) is 0. The van der Waals surface area contributed by atoms with Gasteiger partial charge < -0.3 is 10.6 Å². The van der Waals surface area contributed by atoms with Gasteiger partial charge in [0.25, 0.3) is 0 Å². The Morgan fingerprint density at radius 2 is 2.10 bits per heavy atom. The molecule has 0 spiro atoms. The molecule has 0 aliphatic carbocycles. The van der Waals surface area contributed by atoms with Crippen LogP contribution in [0.3, 0.4) is 0 Å². The number of nitrogens with zero attached hydrogens (tertiary/aromatic N) is 3. The molecule has 5 nitrogen and oxygen atoms in total. The van der Waals surface area contributed by atoms with Crippen LogP contribution >= 0.6 is 11.6 Å². The number of likely N-dealkylation sites (N-methyl/N-ethyl adjacent to an activating group) is 1. The molecule has 0 saturated carbocycles. The Morgan fingerprint density at radius 1 is 1.35 bits per heavy atom. The van der Waals surface area contributed by atoms with Crippen molar-refractivity contribution < 1.29 is 4.79 Å². The van der Waals surface area contributed by atoms with Gasteiger partial charge >= 0.3 is 6.03 Å². The number of nitrogens with two attached hydrogens (primary N) is 1. The van der Waals surface area contributed by atoms with Crippen molar-refractivity contribution in [1.82, 2.24) is 9.88 Å². The second kappa shape index (κ2) is 4.77. The van der Waals surface area contributed by atoms with Gasteiger partial charge in [0.1, 0.15) is 6.17 Å². The van der Waals surface area contributed by atoms with Crippen molar-refractivity contribution in [3.63, 3.8) is 0 Å². The standard InChI is InChI=1S/C14H13ClN4O/c1-18-13(16)11(15)8-19(14(18)20)10-6-9-4-2-3-5-12(9)17-7-10/h2-8,13H,16H2,1H3. The second-order valence-corrected chi connectivity index (χ2v) is 5.04. The lowest BCUT2D eigenvalue weighted by molar-refractivity contribution is 0.205. The third-order valence-electron chi connectivity index (χ3n) is 3.31. The summed E-state index contributed by atoms with van der Waals surface area (Å²) in [6.07, 6.45) is 2.58. The number of urea groups is 1. The molecule has 6 heteroatoms. The molecular weight excluding hydrogens is 276 g/mol. The van der Waals surface area contributed by atoms with E-state index in [0.29, 0.717) is 10.7 Å². The second-order valence-electron chi connectivity index (χ2n) is 4.61. The molecule has 0 bridgehead atoms. The van der Waals surface area contributed by atoms with Crippen molar-refractivity contribution >= 4 is 34.2 Å². The summed E-state index contributed by atoms with van der Waals surface area (Å²) in [7, 11) is 1.61. The Hall–Kier alpha value is -2.11. The average molecular weight is 289 g/mol. The molecule has 102 valence electrons. The van der Waals surface area contributed by atoms with E-state index in [2.05, 4.69) is 4.98 Å². The zero-order chi connectivity index (χ0) is 14.3. The van der Waals surface area contributed by atoms with Crippen molar-refractivity contribution in [3.05, 3.63) is 47.8 Å². The van der Waals surface area contributed by atoms with Crippen LogP contribution < -0.4 is 10.6 Å². The first-order valence-electron chi connectivity index (χ1n) is 6.11. The fourth-order valence-electron chi connectivity index (χ4n) is 2.10. The molecule has 2 aromatic rings. The number of pyridine rings is 1. The van der Waals surface area contributed by atoms with Gasteiger partial charge in [0.05, 0.1) is 22.4 Å². The van der Waals surface area contributed by atoms with Gasteiger partial charge in [-0.25, -0.2) is 4.79 Å². The minimum absolute atomic E-state index is 0.237. The van der Waals surface area contributed by atoms with Crippen molar-refractivity contribution in [3.8, 4) is 0 Å². The zero-order valence-electron chi connectivity index (χ0n) is 10.8. The Morgan fingerprint density at radius 3 is 2.90 bits per heavy atom. The molecule has 2 N–H and O–H groups in total. The smallest absolute Gasteiger partial charge is 0.307 e. The Kier molecular flexibility index (Phi) is 3.08. The molecule has 1 atom stereocenters. The normalized spacial score (nSPS) is 19.4. The van der Waals surface area contributed by atoms with E-state index >= 15 is 0 Å². The van der Waals surface area contributed by atoms with Gasteiger partial charge in [-0.15, -0.1) is 0 Å². The predicted octanol–water partition coefficient (Wildman–Crippen LogP) is 2.47. The van der Waals surface area contributed by atoms with Crippen LogP contribution in [-0.4, -0.2) is 29.1 Å². The molecule has 20 heavy (non-hydrogen) atoms. The van der Waals surface area contributed by atoms with Gasteiger partial charge in [-0.05, 0) is 12.1 Å². The van der Waals surface area contributed by atoms with E-state index < -0.39 is 6.17 Å². The highest BCUT2D eigenvalue weighted by atomic mass is 35.5. The number of fused-ring (bicyclic) bond motifs is 1. The van der Waals surface area contributed by atoms with Gasteiger partial charge in [-0.3, -0.25) is 9.88 Å². The van der Waals surface area contributed by atoms with Crippen molar-refractivity contribution in [2.24, 2.45) is 5.73 Å². The van der Waals surface area contributed by atoms with Gasteiger partial charge in [0.2, 0.25) is 0 Å². The summed E-state index contributed by atoms with van der Waals surface area (Å²) < 4.78 is 0. The largest absolute Gasteiger partial charge is 0.329 e. The molecule has 0 fully saturated rings. The number of hydrogen-bond donors (Lipinski definition) is 1. The van der Waals surface area contributed by atoms with Crippen LogP contribution in [0.2, 0.25) is 0 Å². The molecule has 2 amide bonds. The van der Waals surface area contributed by atoms with E-state index in [1.165, 1.54) is 9.80 Å². The van der Waals surface area contributed by atoms with E-state index in [-0.39, 0.29) is 6.03 Å². The summed E-state index contributed by atoms with van der Waals surface area (Å²) in [6, 6.07) is 9.37. The monoisotopic (exact) mass is 288 g/mol. The summed E-state index contributed by atoms with van der Waals surface area (Å²) in [4.78, 5) is 19.4. The SMILES string of the molecule is CN1C(=O)N(c2cnc3ccccc3c2)C=C(Cl)C1N. The Balaban J connectivity index is 2.08. The zero-order valence-corrected chi connectivity index (χ0v) is 11.6. The van der Waals surface area contributed by atoms with Crippen LogP contribution in [0.4, 0.5) is 10.5 Å². The van der Waals surface area contributed by atoms with Crippen LogP contribution in [0.1, 0.15) is 0 Å². The minimum Gasteiger partial charge on any atom is -0.307 e. The van der Waals surface area contributed by atoms with Crippen LogP contribution in [0.15, 0.2) is 47.8 Å². The van der Waals surface area contributed by atoms with Gasteiger partial charge in [0.15, 0.2) is 0 Å². The highest BCUT2D eigenvalue weighted by Crippen LogP contribution is 2.26. The Labute approximate surface area is 121 Å². The summed E-state index contributed by atoms with van der Waals surface area (Å²) >= 11 is 6.07. The lowest BCUT2D eigenvalue weighted by Gasteiger charge is -2.34. The molecule has 0 saturated heterocycles. The lowest BCUT2D eigenvalue weighted by Crippen LogP contribution is -2.52. The van der Waals surface area contributed by atoms with E-state index in [0.717, 1.165) is 10.9 Å². The van der Waals surface area contributed by atoms with Gasteiger partial charge in [-0.1, -0.05) is 29.8 Å². The van der Waals surface area contributed by atoms with E-state index in [9.17, 15) is 4.79 Å². The summed E-state index contributed by atoms with van der Waals surface area (Å²) in [5.74, 6) is 0. The fourth-order valence-corrected chi connectivity index (χ4v) is 2.35. The van der Waals surface area contributed by atoms with E-state index in [4.69, 9.17) is 17.3 Å². The lowest BCUT2D eigenvalue weighted by atomic mass is 10.2. The number of aromatic nitrogens is 1. The molecule has 2 heterocycles. The van der Waals surface area contributed by atoms with E-state index in [1.807, 2.05) is 30.3 Å². The number of carbonyl (C=O) groups excluding carboxylic acids is 1. The number of halogens is 1. The average Bonchev–Trinajstić information content (AvgIpc) is 2.48. The highest BCUT2D eigenvalue weighted by molar-refractivity contribution is 6.31. The fraction of sp³-hybridized carbons (Fsp3) is 0.143. The number of anilines is 1. The molecule has 1 aromatic carbocycles. The number of hydrogen-bond acceptors (Lipinski definition) is 3. The molecular formula is C14H13ClN4O. The minimum atomic E-state index is -0.603. The number of carbonyl (C=O) groups is 1.